The van der Waals surface area contributed by atoms with Gasteiger partial charge in [0.15, 0.2) is 0 Å². The molecular formula is C29H37ClN2O6. The Morgan fingerprint density at radius 1 is 1.29 bits per heavy atom. The fourth-order valence-electron chi connectivity index (χ4n) is 6.62. The minimum absolute atomic E-state index is 0.0151. The lowest BCUT2D eigenvalue weighted by molar-refractivity contribution is -0.160. The molecule has 2 unspecified atom stereocenters. The first-order chi connectivity index (χ1) is 18.1. The summed E-state index contributed by atoms with van der Waals surface area (Å²) in [7, 11) is 0. The van der Waals surface area contributed by atoms with E-state index in [-0.39, 0.29) is 37.5 Å². The van der Waals surface area contributed by atoms with Crippen LogP contribution < -0.4 is 4.90 Å². The summed E-state index contributed by atoms with van der Waals surface area (Å²) in [5.74, 6) is -3.12. The number of aliphatic hydroxyl groups is 1. The molecule has 4 rings (SSSR count). The number of esters is 1. The lowest BCUT2D eigenvalue weighted by atomic mass is 9.66. The second-order valence-electron chi connectivity index (χ2n) is 10.7. The quantitative estimate of drug-likeness (QED) is 0.336. The van der Waals surface area contributed by atoms with E-state index in [1.165, 1.54) is 11.0 Å². The fourth-order valence-corrected chi connectivity index (χ4v) is 6.75. The van der Waals surface area contributed by atoms with E-state index < -0.39 is 41.1 Å². The zero-order valence-electron chi connectivity index (χ0n) is 22.3. The molecule has 1 aromatic carbocycles. The predicted molar refractivity (Wildman–Crippen MR) is 145 cm³/mol. The van der Waals surface area contributed by atoms with E-state index in [0.29, 0.717) is 30.0 Å². The summed E-state index contributed by atoms with van der Waals surface area (Å²) in [6.45, 7) is 13.0. The van der Waals surface area contributed by atoms with Crippen LogP contribution in [0.25, 0.3) is 0 Å². The van der Waals surface area contributed by atoms with Crippen molar-refractivity contribution in [1.82, 2.24) is 4.90 Å². The highest BCUT2D eigenvalue weighted by Crippen LogP contribution is 2.64. The molecule has 0 aromatic heterocycles. The highest BCUT2D eigenvalue weighted by Gasteiger charge is 2.79. The maximum atomic E-state index is 14.5. The number of benzene rings is 1. The van der Waals surface area contributed by atoms with E-state index in [1.807, 2.05) is 20.8 Å². The van der Waals surface area contributed by atoms with Crippen LogP contribution in [0.5, 0.6) is 0 Å². The second kappa shape index (κ2) is 10.8. The largest absolute Gasteiger partial charge is 0.461 e. The molecule has 38 heavy (non-hydrogen) atoms. The second-order valence-corrected chi connectivity index (χ2v) is 11.2. The first kappa shape index (κ1) is 28.3. The molecular weight excluding hydrogens is 508 g/mol. The van der Waals surface area contributed by atoms with Crippen molar-refractivity contribution in [3.8, 4) is 0 Å². The molecule has 7 atom stereocenters. The van der Waals surface area contributed by atoms with Crippen LogP contribution in [-0.2, 0) is 23.9 Å². The Bertz CT molecular complexity index is 1110. The van der Waals surface area contributed by atoms with Crippen LogP contribution in [0.2, 0.25) is 5.02 Å². The van der Waals surface area contributed by atoms with Crippen molar-refractivity contribution >= 4 is 35.1 Å². The normalized spacial score (nSPS) is 31.0. The van der Waals surface area contributed by atoms with Crippen LogP contribution in [-0.4, -0.2) is 70.8 Å². The highest BCUT2D eigenvalue weighted by molar-refractivity contribution is 6.30. The van der Waals surface area contributed by atoms with Gasteiger partial charge in [0.05, 0.1) is 24.2 Å². The average Bonchev–Trinajstić information content (AvgIpc) is 3.47. The standard InChI is InChI=1S/C29H37ClN2O6/c1-6-15-31(20-11-9-19(30)10-12-20)26(35)24-29-14-13-28(5,38-29)23(27(36)37-16-7-2)22(29)25(34)32(24)21(17-33)18(4)8-3/h6-7,9-12,18,21-24,33H,1-2,8,13-17H2,3-5H3/t18-,21-,22-,23+,24?,28-,29?/m0/s1. The number of hydrogen-bond acceptors (Lipinski definition) is 6. The van der Waals surface area contributed by atoms with Crippen molar-refractivity contribution in [2.24, 2.45) is 17.8 Å². The molecule has 3 saturated heterocycles. The Morgan fingerprint density at radius 3 is 2.55 bits per heavy atom. The lowest BCUT2D eigenvalue weighted by Crippen LogP contribution is -2.60. The number of halogens is 1. The van der Waals surface area contributed by atoms with Crippen molar-refractivity contribution in [1.29, 1.82) is 0 Å². The maximum Gasteiger partial charge on any atom is 0.313 e. The number of ether oxygens (including phenoxy) is 2. The summed E-state index contributed by atoms with van der Waals surface area (Å²) in [6, 6.07) is 5.19. The molecule has 2 bridgehead atoms. The van der Waals surface area contributed by atoms with Gasteiger partial charge < -0.3 is 24.4 Å². The van der Waals surface area contributed by atoms with Crippen molar-refractivity contribution in [3.05, 3.63) is 54.6 Å². The summed E-state index contributed by atoms with van der Waals surface area (Å²) in [5.41, 5.74) is -1.58. The zero-order valence-corrected chi connectivity index (χ0v) is 23.0. The summed E-state index contributed by atoms with van der Waals surface area (Å²) < 4.78 is 12.1. The van der Waals surface area contributed by atoms with Crippen LogP contribution in [0.4, 0.5) is 5.69 Å². The maximum absolute atomic E-state index is 14.5. The van der Waals surface area contributed by atoms with Gasteiger partial charge in [-0.15, -0.1) is 6.58 Å². The van der Waals surface area contributed by atoms with Gasteiger partial charge in [0.1, 0.15) is 24.2 Å². The molecule has 3 aliphatic heterocycles. The van der Waals surface area contributed by atoms with Crippen LogP contribution in [0.15, 0.2) is 49.6 Å². The number of carbonyl (C=O) groups is 3. The first-order valence-electron chi connectivity index (χ1n) is 13.2. The molecule has 2 amide bonds. The summed E-state index contributed by atoms with van der Waals surface area (Å²) in [6.07, 6.45) is 4.70. The minimum atomic E-state index is -1.23. The summed E-state index contributed by atoms with van der Waals surface area (Å²) in [5, 5.41) is 11.0. The van der Waals surface area contributed by atoms with Gasteiger partial charge in [-0.3, -0.25) is 14.4 Å². The zero-order chi connectivity index (χ0) is 27.8. The number of hydrogen-bond donors (Lipinski definition) is 1. The SMILES string of the molecule is C=CCOC(=O)[C@H]1[C@H]2C(=O)N([C@@H](CO)[C@@H](C)CC)C(C(=O)N(CC=C)c3ccc(Cl)cc3)C23CC[C@]1(C)O3. The third kappa shape index (κ3) is 4.36. The van der Waals surface area contributed by atoms with Gasteiger partial charge in [0.25, 0.3) is 5.91 Å². The topological polar surface area (TPSA) is 96.4 Å². The summed E-state index contributed by atoms with van der Waals surface area (Å²) in [4.78, 5) is 45.2. The number of amides is 2. The summed E-state index contributed by atoms with van der Waals surface area (Å²) >= 11 is 6.10. The Kier molecular flexibility index (Phi) is 8.07. The van der Waals surface area contributed by atoms with E-state index >= 15 is 0 Å². The van der Waals surface area contributed by atoms with Gasteiger partial charge in [-0.1, -0.05) is 50.6 Å². The van der Waals surface area contributed by atoms with E-state index in [4.69, 9.17) is 21.1 Å². The smallest absolute Gasteiger partial charge is 0.313 e. The molecule has 8 nitrogen and oxygen atoms in total. The van der Waals surface area contributed by atoms with E-state index in [0.717, 1.165) is 0 Å². The average molecular weight is 545 g/mol. The van der Waals surface area contributed by atoms with Crippen molar-refractivity contribution in [2.75, 3.05) is 24.7 Å². The number of rotatable bonds is 11. The van der Waals surface area contributed by atoms with Gasteiger partial charge in [-0.2, -0.15) is 0 Å². The molecule has 0 aliphatic carbocycles. The number of carbonyl (C=O) groups excluding carboxylic acids is 3. The molecule has 3 heterocycles. The minimum Gasteiger partial charge on any atom is -0.461 e. The number of nitrogens with zero attached hydrogens (tertiary/aromatic N) is 2. The molecule has 3 aliphatic rings. The van der Waals surface area contributed by atoms with Crippen LogP contribution in [0.1, 0.15) is 40.0 Å². The Morgan fingerprint density at radius 2 is 1.97 bits per heavy atom. The predicted octanol–water partition coefficient (Wildman–Crippen LogP) is 3.76. The number of anilines is 1. The molecule has 1 N–H and O–H groups in total. The molecule has 0 radical (unpaired) electrons. The van der Waals surface area contributed by atoms with E-state index in [2.05, 4.69) is 13.2 Å². The van der Waals surface area contributed by atoms with Gasteiger partial charge >= 0.3 is 5.97 Å². The third-order valence-corrected chi connectivity index (χ3v) is 8.86. The number of aliphatic hydroxyl groups excluding tert-OH is 1. The molecule has 1 aromatic rings. The van der Waals surface area contributed by atoms with E-state index in [1.54, 1.807) is 35.2 Å². The van der Waals surface area contributed by atoms with Crippen molar-refractivity contribution in [3.63, 3.8) is 0 Å². The van der Waals surface area contributed by atoms with Gasteiger partial charge in [0, 0.05) is 17.3 Å². The Balaban J connectivity index is 1.85. The third-order valence-electron chi connectivity index (χ3n) is 8.61. The Hall–Kier alpha value is -2.68. The monoisotopic (exact) mass is 544 g/mol. The van der Waals surface area contributed by atoms with Crippen LogP contribution >= 0.6 is 11.6 Å². The van der Waals surface area contributed by atoms with Crippen molar-refractivity contribution < 1.29 is 29.0 Å². The van der Waals surface area contributed by atoms with Crippen LogP contribution in [0, 0.1) is 17.8 Å². The fraction of sp³-hybridized carbons (Fsp3) is 0.552. The molecule has 206 valence electrons. The van der Waals surface area contributed by atoms with Gasteiger partial charge in [-0.05, 0) is 49.9 Å². The molecule has 9 heteroatoms. The Labute approximate surface area is 229 Å². The number of likely N-dealkylation sites (tertiary alicyclic amines) is 1. The van der Waals surface area contributed by atoms with E-state index in [9.17, 15) is 19.5 Å². The number of fused-ring (bicyclic) bond motifs is 1. The van der Waals surface area contributed by atoms with Crippen LogP contribution in [0.3, 0.4) is 0 Å². The highest BCUT2D eigenvalue weighted by atomic mass is 35.5. The van der Waals surface area contributed by atoms with Gasteiger partial charge in [0.2, 0.25) is 5.91 Å². The first-order valence-corrected chi connectivity index (χ1v) is 13.6. The van der Waals surface area contributed by atoms with Gasteiger partial charge in [-0.25, -0.2) is 0 Å². The lowest BCUT2D eigenvalue weighted by Gasteiger charge is -2.41. The van der Waals surface area contributed by atoms with Crippen molar-refractivity contribution in [2.45, 2.75) is 63.3 Å². The molecule has 0 saturated carbocycles. The molecule has 1 spiro atoms. The molecule has 3 fully saturated rings.